The Kier molecular flexibility index (Phi) is 5.78. The Hall–Kier alpha value is -2.83. The minimum Gasteiger partial charge on any atom is -0.348 e. The Morgan fingerprint density at radius 3 is 2.11 bits per heavy atom. The number of halogens is 1. The fourth-order valence-electron chi connectivity index (χ4n) is 2.40. The molecule has 0 atom stereocenters. The van der Waals surface area contributed by atoms with Gasteiger partial charge in [-0.1, -0.05) is 41.9 Å². The molecule has 0 radical (unpaired) electrons. The summed E-state index contributed by atoms with van der Waals surface area (Å²) in [5.74, 6) is -0.270. The zero-order valence-electron chi connectivity index (χ0n) is 14.2. The summed E-state index contributed by atoms with van der Waals surface area (Å²) in [6.07, 6.45) is 0. The van der Waals surface area contributed by atoms with Gasteiger partial charge in [0.05, 0.1) is 4.90 Å². The Morgan fingerprint density at radius 1 is 0.852 bits per heavy atom. The molecule has 5 nitrogen and oxygen atoms in total. The molecule has 0 unspecified atom stereocenters. The third kappa shape index (κ3) is 5.09. The Morgan fingerprint density at radius 2 is 1.48 bits per heavy atom. The normalized spacial score (nSPS) is 11.0. The highest BCUT2D eigenvalue weighted by Gasteiger charge is 2.15. The van der Waals surface area contributed by atoms with Crippen LogP contribution in [-0.2, 0) is 16.6 Å². The third-order valence-electron chi connectivity index (χ3n) is 3.82. The Labute approximate surface area is 163 Å². The summed E-state index contributed by atoms with van der Waals surface area (Å²) in [5, 5.41) is 3.32. The van der Waals surface area contributed by atoms with E-state index in [0.717, 1.165) is 5.56 Å². The molecule has 0 fully saturated rings. The second-order valence-corrected chi connectivity index (χ2v) is 7.92. The molecular weight excluding hydrogens is 384 g/mol. The molecule has 0 aliphatic rings. The predicted octanol–water partition coefficient (Wildman–Crippen LogP) is 4.07. The average molecular weight is 401 g/mol. The quantitative estimate of drug-likeness (QED) is 0.654. The number of amides is 1. The van der Waals surface area contributed by atoms with Crippen molar-refractivity contribution in [2.24, 2.45) is 0 Å². The second kappa shape index (κ2) is 8.24. The maximum atomic E-state index is 12.4. The van der Waals surface area contributed by atoms with E-state index in [9.17, 15) is 13.2 Å². The molecule has 0 aromatic heterocycles. The van der Waals surface area contributed by atoms with Crippen LogP contribution in [0.3, 0.4) is 0 Å². The van der Waals surface area contributed by atoms with Gasteiger partial charge in [0.2, 0.25) is 0 Å². The molecule has 0 saturated carbocycles. The summed E-state index contributed by atoms with van der Waals surface area (Å²) in [6.45, 7) is 0.401. The Balaban J connectivity index is 1.66. The first-order chi connectivity index (χ1) is 12.9. The molecule has 0 aliphatic heterocycles. The van der Waals surface area contributed by atoms with E-state index in [1.165, 1.54) is 24.3 Å². The highest BCUT2D eigenvalue weighted by atomic mass is 35.5. The number of rotatable bonds is 6. The topological polar surface area (TPSA) is 75.3 Å². The van der Waals surface area contributed by atoms with Crippen molar-refractivity contribution in [3.05, 3.63) is 95.0 Å². The number of anilines is 1. The molecule has 0 spiro atoms. The molecule has 0 bridgehead atoms. The molecule has 27 heavy (non-hydrogen) atoms. The van der Waals surface area contributed by atoms with Gasteiger partial charge in [0.1, 0.15) is 0 Å². The van der Waals surface area contributed by atoms with Crippen LogP contribution in [0.2, 0.25) is 5.02 Å². The SMILES string of the molecule is O=C(NCc1ccccc1)c1ccc(S(=O)(=O)Nc2ccc(Cl)cc2)cc1. The lowest BCUT2D eigenvalue weighted by molar-refractivity contribution is 0.0951. The fourth-order valence-corrected chi connectivity index (χ4v) is 3.58. The van der Waals surface area contributed by atoms with E-state index in [1.54, 1.807) is 24.3 Å². The molecular formula is C20H17ClN2O3S. The molecule has 3 aromatic rings. The standard InChI is InChI=1S/C20H17ClN2O3S/c21-17-8-10-18(11-9-17)23-27(25,26)19-12-6-16(7-13-19)20(24)22-14-15-4-2-1-3-5-15/h1-13,23H,14H2,(H,22,24). The lowest BCUT2D eigenvalue weighted by Crippen LogP contribution is -2.22. The maximum absolute atomic E-state index is 12.4. The van der Waals surface area contributed by atoms with E-state index in [-0.39, 0.29) is 10.8 Å². The van der Waals surface area contributed by atoms with Crippen molar-refractivity contribution in [2.45, 2.75) is 11.4 Å². The molecule has 0 aliphatic carbocycles. The number of benzene rings is 3. The summed E-state index contributed by atoms with van der Waals surface area (Å²) < 4.78 is 27.3. The maximum Gasteiger partial charge on any atom is 0.261 e. The minimum atomic E-state index is -3.75. The van der Waals surface area contributed by atoms with Crippen LogP contribution in [0.5, 0.6) is 0 Å². The van der Waals surface area contributed by atoms with Crippen LogP contribution in [0.15, 0.2) is 83.8 Å². The van der Waals surface area contributed by atoms with Crippen molar-refractivity contribution in [1.82, 2.24) is 5.32 Å². The van der Waals surface area contributed by atoms with Crippen molar-refractivity contribution < 1.29 is 13.2 Å². The van der Waals surface area contributed by atoms with Crippen LogP contribution in [-0.4, -0.2) is 14.3 Å². The largest absolute Gasteiger partial charge is 0.348 e. The van der Waals surface area contributed by atoms with Crippen molar-refractivity contribution in [3.8, 4) is 0 Å². The zero-order valence-corrected chi connectivity index (χ0v) is 15.8. The Bertz CT molecular complexity index is 1020. The molecule has 138 valence electrons. The number of carbonyl (C=O) groups is 1. The van der Waals surface area contributed by atoms with Crippen molar-refractivity contribution >= 4 is 33.2 Å². The van der Waals surface area contributed by atoms with Crippen molar-refractivity contribution in [3.63, 3.8) is 0 Å². The van der Waals surface area contributed by atoms with Gasteiger partial charge in [-0.2, -0.15) is 0 Å². The van der Waals surface area contributed by atoms with Gasteiger partial charge in [0.15, 0.2) is 0 Å². The summed E-state index contributed by atoms with van der Waals surface area (Å²) >= 11 is 5.80. The van der Waals surface area contributed by atoms with Gasteiger partial charge in [0.25, 0.3) is 15.9 Å². The van der Waals surface area contributed by atoms with Crippen LogP contribution < -0.4 is 10.0 Å². The third-order valence-corrected chi connectivity index (χ3v) is 5.47. The van der Waals surface area contributed by atoms with E-state index in [0.29, 0.717) is 22.8 Å². The van der Waals surface area contributed by atoms with E-state index < -0.39 is 10.0 Å². The van der Waals surface area contributed by atoms with Gasteiger partial charge in [0, 0.05) is 22.8 Å². The van der Waals surface area contributed by atoms with Crippen LogP contribution in [0.1, 0.15) is 15.9 Å². The van der Waals surface area contributed by atoms with E-state index in [1.807, 2.05) is 30.3 Å². The molecule has 3 aromatic carbocycles. The van der Waals surface area contributed by atoms with Gasteiger partial charge in [-0.3, -0.25) is 9.52 Å². The lowest BCUT2D eigenvalue weighted by atomic mass is 10.2. The van der Waals surface area contributed by atoms with E-state index in [4.69, 9.17) is 11.6 Å². The van der Waals surface area contributed by atoms with Gasteiger partial charge >= 0.3 is 0 Å². The van der Waals surface area contributed by atoms with Crippen LogP contribution >= 0.6 is 11.6 Å². The molecule has 2 N–H and O–H groups in total. The number of hydrogen-bond acceptors (Lipinski definition) is 3. The van der Waals surface area contributed by atoms with Gasteiger partial charge in [-0.05, 0) is 54.1 Å². The summed E-state index contributed by atoms with van der Waals surface area (Å²) in [5.41, 5.74) is 1.78. The summed E-state index contributed by atoms with van der Waals surface area (Å²) in [4.78, 5) is 12.3. The van der Waals surface area contributed by atoms with E-state index in [2.05, 4.69) is 10.0 Å². The average Bonchev–Trinajstić information content (AvgIpc) is 2.69. The molecule has 1 amide bonds. The first kappa shape index (κ1) is 18.9. The van der Waals surface area contributed by atoms with Gasteiger partial charge in [-0.15, -0.1) is 0 Å². The first-order valence-corrected chi connectivity index (χ1v) is 10.0. The summed E-state index contributed by atoms with van der Waals surface area (Å²) in [7, 11) is -3.75. The van der Waals surface area contributed by atoms with E-state index >= 15 is 0 Å². The molecule has 3 rings (SSSR count). The zero-order chi connectivity index (χ0) is 19.3. The van der Waals surface area contributed by atoms with Gasteiger partial charge in [-0.25, -0.2) is 8.42 Å². The fraction of sp³-hybridized carbons (Fsp3) is 0.0500. The smallest absolute Gasteiger partial charge is 0.261 e. The highest BCUT2D eigenvalue weighted by Crippen LogP contribution is 2.19. The van der Waals surface area contributed by atoms with Crippen LogP contribution in [0.25, 0.3) is 0 Å². The van der Waals surface area contributed by atoms with Gasteiger partial charge < -0.3 is 5.32 Å². The number of nitrogens with one attached hydrogen (secondary N) is 2. The van der Waals surface area contributed by atoms with Crippen LogP contribution in [0.4, 0.5) is 5.69 Å². The van der Waals surface area contributed by atoms with Crippen LogP contribution in [0, 0.1) is 0 Å². The number of sulfonamides is 1. The van der Waals surface area contributed by atoms with Crippen molar-refractivity contribution in [1.29, 1.82) is 0 Å². The summed E-state index contributed by atoms with van der Waals surface area (Å²) in [6, 6.07) is 21.6. The second-order valence-electron chi connectivity index (χ2n) is 5.81. The first-order valence-electron chi connectivity index (χ1n) is 8.15. The predicted molar refractivity (Wildman–Crippen MR) is 106 cm³/mol. The number of hydrogen-bond donors (Lipinski definition) is 2. The number of carbonyl (C=O) groups excluding carboxylic acids is 1. The molecule has 0 saturated heterocycles. The monoisotopic (exact) mass is 400 g/mol. The minimum absolute atomic E-state index is 0.0667. The molecule has 0 heterocycles. The lowest BCUT2D eigenvalue weighted by Gasteiger charge is -2.09. The van der Waals surface area contributed by atoms with Crippen molar-refractivity contribution in [2.75, 3.05) is 4.72 Å². The molecule has 7 heteroatoms. The highest BCUT2D eigenvalue weighted by molar-refractivity contribution is 7.92.